The number of rotatable bonds is 3. The Morgan fingerprint density at radius 3 is 2.94 bits per heavy atom. The summed E-state index contributed by atoms with van der Waals surface area (Å²) in [6.45, 7) is 0.275. The van der Waals surface area contributed by atoms with E-state index in [-0.39, 0.29) is 18.4 Å². The van der Waals surface area contributed by atoms with Gasteiger partial charge in [0.1, 0.15) is 17.8 Å². The number of nitrogens with two attached hydrogens (primary N) is 1. The molecule has 4 nitrogen and oxygen atoms in total. The number of nitrogens with zero attached hydrogens (tertiary/aromatic N) is 1. The van der Waals surface area contributed by atoms with Gasteiger partial charge in [-0.25, -0.2) is 4.39 Å². The molecular weight excluding hydrogens is 279 g/mol. The predicted molar refractivity (Wildman–Crippen MR) is 58.6 cm³/mol. The van der Waals surface area contributed by atoms with E-state index in [0.717, 1.165) is 0 Å². The van der Waals surface area contributed by atoms with E-state index in [9.17, 15) is 4.39 Å². The van der Waals surface area contributed by atoms with E-state index in [1.54, 1.807) is 0 Å². The van der Waals surface area contributed by atoms with Crippen LogP contribution in [0.2, 0.25) is 0 Å². The summed E-state index contributed by atoms with van der Waals surface area (Å²) in [5.41, 5.74) is 5.96. The lowest BCUT2D eigenvalue weighted by Crippen LogP contribution is -1.96. The summed E-state index contributed by atoms with van der Waals surface area (Å²) in [4.78, 5) is 3.96. The van der Waals surface area contributed by atoms with Crippen molar-refractivity contribution in [3.05, 3.63) is 40.4 Å². The number of ether oxygens (including phenoxy) is 1. The first kappa shape index (κ1) is 11.1. The van der Waals surface area contributed by atoms with Gasteiger partial charge in [0.05, 0.1) is 10.2 Å². The van der Waals surface area contributed by atoms with Crippen molar-refractivity contribution in [2.24, 2.45) is 5.73 Å². The molecule has 0 unspecified atom stereocenters. The van der Waals surface area contributed by atoms with E-state index in [4.69, 9.17) is 14.9 Å². The Morgan fingerprint density at radius 1 is 1.50 bits per heavy atom. The second-order valence-corrected chi connectivity index (χ2v) is 3.84. The van der Waals surface area contributed by atoms with Gasteiger partial charge >= 0.3 is 6.08 Å². The van der Waals surface area contributed by atoms with Gasteiger partial charge in [-0.1, -0.05) is 0 Å². The molecule has 2 N–H and O–H groups in total. The summed E-state index contributed by atoms with van der Waals surface area (Å²) in [7, 11) is 0. The Hall–Kier alpha value is -1.40. The number of oxazole rings is 1. The van der Waals surface area contributed by atoms with Crippen molar-refractivity contribution in [2.45, 2.75) is 6.54 Å². The summed E-state index contributed by atoms with van der Waals surface area (Å²) in [6.07, 6.45) is 1.49. The molecule has 1 heterocycles. The maximum absolute atomic E-state index is 12.8. The van der Waals surface area contributed by atoms with Crippen molar-refractivity contribution in [2.75, 3.05) is 0 Å². The van der Waals surface area contributed by atoms with Gasteiger partial charge in [-0.3, -0.25) is 0 Å². The summed E-state index contributed by atoms with van der Waals surface area (Å²) in [6, 6.07) is 4.06. The average molecular weight is 287 g/mol. The molecule has 1 aromatic carbocycles. The van der Waals surface area contributed by atoms with Crippen LogP contribution in [0.3, 0.4) is 0 Å². The molecule has 1 aromatic heterocycles. The molecule has 0 aliphatic carbocycles. The largest absolute Gasteiger partial charge is 0.417 e. The molecule has 0 saturated heterocycles. The standard InChI is InChI=1S/C10H8BrFN2O2/c11-8-3-6(12)1-2-9(8)16-10-14-7(4-13)5-15-10/h1-3,5H,4,13H2. The zero-order valence-corrected chi connectivity index (χ0v) is 9.70. The van der Waals surface area contributed by atoms with Crippen molar-refractivity contribution in [1.82, 2.24) is 4.98 Å². The summed E-state index contributed by atoms with van der Waals surface area (Å²) in [5.74, 6) is 0.0705. The first-order valence-electron chi connectivity index (χ1n) is 4.46. The monoisotopic (exact) mass is 286 g/mol. The zero-order valence-electron chi connectivity index (χ0n) is 8.11. The van der Waals surface area contributed by atoms with Gasteiger partial charge in [0, 0.05) is 6.54 Å². The number of hydrogen-bond acceptors (Lipinski definition) is 4. The SMILES string of the molecule is NCc1coc(Oc2ccc(F)cc2Br)n1. The van der Waals surface area contributed by atoms with Crippen LogP contribution in [0, 0.1) is 5.82 Å². The molecule has 0 aliphatic heterocycles. The third-order valence-electron chi connectivity index (χ3n) is 1.83. The fourth-order valence-electron chi connectivity index (χ4n) is 1.08. The zero-order chi connectivity index (χ0) is 11.5. The third kappa shape index (κ3) is 2.40. The molecule has 0 aliphatic rings. The van der Waals surface area contributed by atoms with Gasteiger partial charge in [0.2, 0.25) is 0 Å². The van der Waals surface area contributed by atoms with Crippen LogP contribution in [-0.2, 0) is 6.54 Å². The number of halogens is 2. The van der Waals surface area contributed by atoms with Crippen LogP contribution in [0.25, 0.3) is 0 Å². The minimum absolute atomic E-state index is 0.0766. The van der Waals surface area contributed by atoms with E-state index in [0.29, 0.717) is 15.9 Å². The molecule has 84 valence electrons. The summed E-state index contributed by atoms with van der Waals surface area (Å²) in [5, 5.41) is 0. The second-order valence-electron chi connectivity index (χ2n) is 2.99. The lowest BCUT2D eigenvalue weighted by atomic mass is 10.3. The molecule has 0 atom stereocenters. The van der Waals surface area contributed by atoms with E-state index in [2.05, 4.69) is 20.9 Å². The molecule has 0 radical (unpaired) electrons. The Labute approximate surface area is 99.4 Å². The first-order valence-corrected chi connectivity index (χ1v) is 5.25. The minimum Gasteiger partial charge on any atom is -0.417 e. The van der Waals surface area contributed by atoms with Crippen LogP contribution in [0.5, 0.6) is 11.8 Å². The highest BCUT2D eigenvalue weighted by atomic mass is 79.9. The van der Waals surface area contributed by atoms with Crippen LogP contribution in [0.1, 0.15) is 5.69 Å². The predicted octanol–water partition coefficient (Wildman–Crippen LogP) is 2.83. The number of hydrogen-bond donors (Lipinski definition) is 1. The topological polar surface area (TPSA) is 61.3 Å². The first-order chi connectivity index (χ1) is 7.69. The molecule has 0 fully saturated rings. The molecule has 6 heteroatoms. The highest BCUT2D eigenvalue weighted by Gasteiger charge is 2.08. The van der Waals surface area contributed by atoms with Gasteiger partial charge in [-0.15, -0.1) is 0 Å². The average Bonchev–Trinajstić information content (AvgIpc) is 2.70. The summed E-state index contributed by atoms with van der Waals surface area (Å²) >= 11 is 3.17. The van der Waals surface area contributed by atoms with Crippen LogP contribution < -0.4 is 10.5 Å². The van der Waals surface area contributed by atoms with Gasteiger partial charge in [0.25, 0.3) is 0 Å². The lowest BCUT2D eigenvalue weighted by molar-refractivity contribution is 0.329. The van der Waals surface area contributed by atoms with Crippen molar-refractivity contribution < 1.29 is 13.5 Å². The molecule has 16 heavy (non-hydrogen) atoms. The Kier molecular flexibility index (Phi) is 3.21. The Morgan fingerprint density at radius 2 is 2.31 bits per heavy atom. The minimum atomic E-state index is -0.353. The van der Waals surface area contributed by atoms with E-state index in [1.807, 2.05) is 0 Å². The van der Waals surface area contributed by atoms with Crippen LogP contribution in [0.4, 0.5) is 4.39 Å². The van der Waals surface area contributed by atoms with Crippen LogP contribution >= 0.6 is 15.9 Å². The highest BCUT2D eigenvalue weighted by molar-refractivity contribution is 9.10. The van der Waals surface area contributed by atoms with E-state index >= 15 is 0 Å². The fraction of sp³-hybridized carbons (Fsp3) is 0.100. The number of aromatic nitrogens is 1. The van der Waals surface area contributed by atoms with Gasteiger partial charge in [0.15, 0.2) is 0 Å². The van der Waals surface area contributed by atoms with Gasteiger partial charge in [-0.2, -0.15) is 4.98 Å². The molecule has 0 spiro atoms. The lowest BCUT2D eigenvalue weighted by Gasteiger charge is -2.02. The van der Waals surface area contributed by atoms with Crippen molar-refractivity contribution in [1.29, 1.82) is 0 Å². The van der Waals surface area contributed by atoms with E-state index < -0.39 is 0 Å². The van der Waals surface area contributed by atoms with Crippen molar-refractivity contribution >= 4 is 15.9 Å². The molecular formula is C10H8BrFN2O2. The molecule has 2 aromatic rings. The quantitative estimate of drug-likeness (QED) is 0.943. The smallest absolute Gasteiger partial charge is 0.399 e. The Balaban J connectivity index is 2.20. The van der Waals surface area contributed by atoms with Crippen molar-refractivity contribution in [3.63, 3.8) is 0 Å². The molecule has 2 rings (SSSR count). The summed E-state index contributed by atoms with van der Waals surface area (Å²) < 4.78 is 23.6. The maximum Gasteiger partial charge on any atom is 0.399 e. The number of benzene rings is 1. The van der Waals surface area contributed by atoms with E-state index in [1.165, 1.54) is 24.5 Å². The van der Waals surface area contributed by atoms with Crippen LogP contribution in [-0.4, -0.2) is 4.98 Å². The van der Waals surface area contributed by atoms with Gasteiger partial charge in [-0.05, 0) is 34.1 Å². The highest BCUT2D eigenvalue weighted by Crippen LogP contribution is 2.29. The Bertz CT molecular complexity index is 501. The maximum atomic E-state index is 12.8. The molecule has 0 amide bonds. The van der Waals surface area contributed by atoms with Crippen LogP contribution in [0.15, 0.2) is 33.4 Å². The third-order valence-corrected chi connectivity index (χ3v) is 2.45. The van der Waals surface area contributed by atoms with Crippen molar-refractivity contribution in [3.8, 4) is 11.8 Å². The molecule has 0 bridgehead atoms. The second kappa shape index (κ2) is 4.63. The fourth-order valence-corrected chi connectivity index (χ4v) is 1.51. The normalized spacial score (nSPS) is 10.4. The molecule has 0 saturated carbocycles. The van der Waals surface area contributed by atoms with Gasteiger partial charge < -0.3 is 14.9 Å².